The van der Waals surface area contributed by atoms with Crippen molar-refractivity contribution < 1.29 is 0 Å². The van der Waals surface area contributed by atoms with Crippen molar-refractivity contribution in [2.75, 3.05) is 5.32 Å². The number of hydrogen-bond acceptors (Lipinski definition) is 4. The Hall–Kier alpha value is -3.18. The number of para-hydroxylation sites is 1. The molecule has 2 heterocycles. The van der Waals surface area contributed by atoms with Gasteiger partial charge in [0.1, 0.15) is 5.82 Å². The number of pyridine rings is 1. The number of hydrogen-bond donors (Lipinski definition) is 1. The zero-order valence-electron chi connectivity index (χ0n) is 13.8. The number of nitrogens with zero attached hydrogens (tertiary/aromatic N) is 3. The predicted molar refractivity (Wildman–Crippen MR) is 104 cm³/mol. The fraction of sp³-hybridized carbons (Fsp3) is 0.0500. The Labute approximate surface area is 154 Å². The van der Waals surface area contributed by atoms with E-state index in [0.717, 1.165) is 16.8 Å². The molecule has 4 aromatic rings. The highest BCUT2D eigenvalue weighted by Crippen LogP contribution is 2.25. The van der Waals surface area contributed by atoms with E-state index in [1.165, 1.54) is 0 Å². The van der Waals surface area contributed by atoms with Gasteiger partial charge in [0.05, 0.1) is 23.4 Å². The Balaban J connectivity index is 1.84. The molecule has 2 aromatic carbocycles. The van der Waals surface area contributed by atoms with Crippen molar-refractivity contribution in [2.45, 2.75) is 6.54 Å². The van der Waals surface area contributed by atoms with Crippen LogP contribution in [0.3, 0.4) is 0 Å². The topological polar surface area (TPSA) is 59.8 Å². The van der Waals surface area contributed by atoms with Crippen LogP contribution in [0, 0.1) is 0 Å². The van der Waals surface area contributed by atoms with Crippen molar-refractivity contribution in [3.05, 3.63) is 94.1 Å². The van der Waals surface area contributed by atoms with Crippen LogP contribution in [0.5, 0.6) is 0 Å². The van der Waals surface area contributed by atoms with Crippen molar-refractivity contribution >= 4 is 28.3 Å². The van der Waals surface area contributed by atoms with Crippen LogP contribution in [0.4, 0.5) is 5.82 Å². The molecule has 6 heteroatoms. The van der Waals surface area contributed by atoms with Crippen LogP contribution in [0.25, 0.3) is 16.6 Å². The molecule has 0 spiro atoms. The van der Waals surface area contributed by atoms with Gasteiger partial charge in [0.15, 0.2) is 0 Å². The van der Waals surface area contributed by atoms with E-state index in [9.17, 15) is 4.79 Å². The second kappa shape index (κ2) is 6.98. The molecular weight excluding hydrogens is 348 g/mol. The summed E-state index contributed by atoms with van der Waals surface area (Å²) in [6, 6.07) is 20.5. The lowest BCUT2D eigenvalue weighted by Gasteiger charge is -2.14. The zero-order valence-corrected chi connectivity index (χ0v) is 14.5. The largest absolute Gasteiger partial charge is 0.364 e. The third kappa shape index (κ3) is 3.17. The minimum Gasteiger partial charge on any atom is -0.364 e. The summed E-state index contributed by atoms with van der Waals surface area (Å²) in [6.07, 6.45) is 1.73. The molecule has 0 saturated carbocycles. The van der Waals surface area contributed by atoms with E-state index < -0.39 is 0 Å². The Morgan fingerprint density at radius 3 is 2.58 bits per heavy atom. The summed E-state index contributed by atoms with van der Waals surface area (Å²) in [5.41, 5.74) is 1.94. The third-order valence-corrected chi connectivity index (χ3v) is 4.27. The maximum absolute atomic E-state index is 12.7. The molecule has 1 N–H and O–H groups in total. The summed E-state index contributed by atoms with van der Waals surface area (Å²) >= 11 is 6.19. The summed E-state index contributed by atoms with van der Waals surface area (Å²) < 4.78 is 1.56. The van der Waals surface area contributed by atoms with Crippen molar-refractivity contribution in [3.63, 3.8) is 0 Å². The maximum Gasteiger partial charge on any atom is 0.354 e. The van der Waals surface area contributed by atoms with E-state index in [-0.39, 0.29) is 5.69 Å². The van der Waals surface area contributed by atoms with E-state index in [4.69, 9.17) is 11.6 Å². The highest BCUT2D eigenvalue weighted by Gasteiger charge is 2.12. The molecule has 0 aliphatic heterocycles. The average molecular weight is 363 g/mol. The second-order valence-electron chi connectivity index (χ2n) is 5.75. The number of benzene rings is 2. The van der Waals surface area contributed by atoms with Crippen LogP contribution in [0.2, 0.25) is 5.02 Å². The molecule has 0 unspecified atom stereocenters. The summed E-state index contributed by atoms with van der Waals surface area (Å²) in [5, 5.41) is 4.59. The van der Waals surface area contributed by atoms with Crippen LogP contribution in [0.1, 0.15) is 5.69 Å². The molecule has 26 heavy (non-hydrogen) atoms. The molecule has 0 aliphatic carbocycles. The summed E-state index contributed by atoms with van der Waals surface area (Å²) in [6.45, 7) is 0.473. The standard InChI is InChI=1S/C20H15ClN4O/c21-14-9-10-17-18(12-14)25(16-7-2-1-3-8-16)20(26)24-19(17)23-13-15-6-4-5-11-22-15/h1-12H,13H2,(H,23,24,26). The molecule has 0 bridgehead atoms. The van der Waals surface area contributed by atoms with Gasteiger partial charge in [0.2, 0.25) is 0 Å². The lowest BCUT2D eigenvalue weighted by molar-refractivity contribution is 0.946. The monoisotopic (exact) mass is 362 g/mol. The van der Waals surface area contributed by atoms with Crippen LogP contribution in [-0.4, -0.2) is 14.5 Å². The van der Waals surface area contributed by atoms with Gasteiger partial charge in [-0.1, -0.05) is 35.9 Å². The predicted octanol–water partition coefficient (Wildman–Crippen LogP) is 4.05. The first-order valence-electron chi connectivity index (χ1n) is 8.14. The molecule has 4 rings (SSSR count). The van der Waals surface area contributed by atoms with Crippen molar-refractivity contribution in [1.82, 2.24) is 14.5 Å². The summed E-state index contributed by atoms with van der Waals surface area (Å²) in [7, 11) is 0. The normalized spacial score (nSPS) is 10.8. The highest BCUT2D eigenvalue weighted by atomic mass is 35.5. The van der Waals surface area contributed by atoms with Gasteiger partial charge in [0, 0.05) is 16.6 Å². The van der Waals surface area contributed by atoms with E-state index in [2.05, 4.69) is 15.3 Å². The number of fused-ring (bicyclic) bond motifs is 1. The Kier molecular flexibility index (Phi) is 4.37. The molecule has 5 nitrogen and oxygen atoms in total. The van der Waals surface area contributed by atoms with Crippen LogP contribution >= 0.6 is 11.6 Å². The molecular formula is C20H15ClN4O. The van der Waals surface area contributed by atoms with Gasteiger partial charge in [-0.15, -0.1) is 0 Å². The average Bonchev–Trinajstić information content (AvgIpc) is 2.67. The molecule has 0 fully saturated rings. The molecule has 0 amide bonds. The number of halogens is 1. The fourth-order valence-corrected chi connectivity index (χ4v) is 3.00. The minimum atomic E-state index is -0.366. The number of nitrogens with one attached hydrogen (secondary N) is 1. The molecule has 0 radical (unpaired) electrons. The molecule has 0 atom stereocenters. The van der Waals surface area contributed by atoms with Gasteiger partial charge in [-0.05, 0) is 42.5 Å². The third-order valence-electron chi connectivity index (χ3n) is 4.03. The van der Waals surface area contributed by atoms with E-state index in [0.29, 0.717) is 22.9 Å². The second-order valence-corrected chi connectivity index (χ2v) is 6.19. The van der Waals surface area contributed by atoms with Crippen molar-refractivity contribution in [3.8, 4) is 5.69 Å². The SMILES string of the molecule is O=c1nc(NCc2ccccn2)c2ccc(Cl)cc2n1-c1ccccc1. The first kappa shape index (κ1) is 16.3. The number of aromatic nitrogens is 3. The first-order chi connectivity index (χ1) is 12.7. The Morgan fingerprint density at radius 2 is 1.81 bits per heavy atom. The summed E-state index contributed by atoms with van der Waals surface area (Å²) in [5.74, 6) is 0.513. The smallest absolute Gasteiger partial charge is 0.354 e. The van der Waals surface area contributed by atoms with Gasteiger partial charge in [-0.3, -0.25) is 9.55 Å². The lowest BCUT2D eigenvalue weighted by Crippen LogP contribution is -2.23. The number of rotatable bonds is 4. The van der Waals surface area contributed by atoms with E-state index in [1.54, 1.807) is 22.9 Å². The van der Waals surface area contributed by atoms with Crippen molar-refractivity contribution in [1.29, 1.82) is 0 Å². The zero-order chi connectivity index (χ0) is 17.9. The highest BCUT2D eigenvalue weighted by molar-refractivity contribution is 6.31. The quantitative estimate of drug-likeness (QED) is 0.595. The first-order valence-corrected chi connectivity index (χ1v) is 8.52. The molecule has 0 aliphatic rings. The molecule has 0 saturated heterocycles. The van der Waals surface area contributed by atoms with Gasteiger partial charge in [-0.25, -0.2) is 4.79 Å². The van der Waals surface area contributed by atoms with Crippen LogP contribution < -0.4 is 11.0 Å². The minimum absolute atomic E-state index is 0.366. The van der Waals surface area contributed by atoms with E-state index >= 15 is 0 Å². The lowest BCUT2D eigenvalue weighted by atomic mass is 10.2. The fourth-order valence-electron chi connectivity index (χ4n) is 2.84. The molecule has 128 valence electrons. The Morgan fingerprint density at radius 1 is 1.00 bits per heavy atom. The van der Waals surface area contributed by atoms with Gasteiger partial charge < -0.3 is 5.32 Å². The number of anilines is 1. The van der Waals surface area contributed by atoms with Gasteiger partial charge in [-0.2, -0.15) is 4.98 Å². The Bertz CT molecular complexity index is 1110. The van der Waals surface area contributed by atoms with Crippen LogP contribution in [-0.2, 0) is 6.54 Å². The van der Waals surface area contributed by atoms with Crippen molar-refractivity contribution in [2.24, 2.45) is 0 Å². The molecule has 2 aromatic heterocycles. The van der Waals surface area contributed by atoms with Crippen LogP contribution in [0.15, 0.2) is 77.7 Å². The summed E-state index contributed by atoms with van der Waals surface area (Å²) in [4.78, 5) is 21.3. The maximum atomic E-state index is 12.7. The van der Waals surface area contributed by atoms with Gasteiger partial charge >= 0.3 is 5.69 Å². The van der Waals surface area contributed by atoms with Gasteiger partial charge in [0.25, 0.3) is 0 Å². The van der Waals surface area contributed by atoms with E-state index in [1.807, 2.05) is 54.6 Å².